The molecule has 2 aliphatic heterocycles. The van der Waals surface area contributed by atoms with Gasteiger partial charge in [-0.15, -0.1) is 0 Å². The van der Waals surface area contributed by atoms with Gasteiger partial charge in [-0.3, -0.25) is 14.2 Å². The van der Waals surface area contributed by atoms with Gasteiger partial charge in [-0.05, 0) is 37.2 Å². The first kappa shape index (κ1) is 17.9. The molecule has 1 aromatic heterocycles. The summed E-state index contributed by atoms with van der Waals surface area (Å²) in [7, 11) is 0. The van der Waals surface area contributed by atoms with Gasteiger partial charge in [0.15, 0.2) is 4.77 Å². The average molecular weight is 386 g/mol. The normalized spacial score (nSPS) is 20.1. The second kappa shape index (κ2) is 7.66. The number of nitrogens with one attached hydrogen (secondary N) is 1. The van der Waals surface area contributed by atoms with E-state index in [1.165, 1.54) is 0 Å². The molecule has 0 radical (unpaired) electrons. The van der Waals surface area contributed by atoms with Crippen molar-refractivity contribution in [2.75, 3.05) is 32.8 Å². The molecule has 0 bridgehead atoms. The van der Waals surface area contributed by atoms with Gasteiger partial charge in [0.25, 0.3) is 11.8 Å². The van der Waals surface area contributed by atoms with Crippen molar-refractivity contribution in [1.82, 2.24) is 19.4 Å². The van der Waals surface area contributed by atoms with Crippen LogP contribution in [0.4, 0.5) is 0 Å². The smallest absolute Gasteiger partial charge is 0.272 e. The van der Waals surface area contributed by atoms with Gasteiger partial charge in [0.05, 0.1) is 0 Å². The number of aromatic nitrogens is 2. The lowest BCUT2D eigenvalue weighted by Gasteiger charge is -2.35. The lowest BCUT2D eigenvalue weighted by molar-refractivity contribution is -0.142. The summed E-state index contributed by atoms with van der Waals surface area (Å²) < 4.78 is 7.72. The molecule has 3 heterocycles. The van der Waals surface area contributed by atoms with Gasteiger partial charge in [-0.2, -0.15) is 0 Å². The van der Waals surface area contributed by atoms with Crippen LogP contribution in [0.5, 0.6) is 0 Å². The third-order valence-corrected chi connectivity index (χ3v) is 5.39. The Morgan fingerprint density at radius 1 is 1.07 bits per heavy atom. The zero-order valence-electron chi connectivity index (χ0n) is 15.0. The van der Waals surface area contributed by atoms with Gasteiger partial charge in [0.2, 0.25) is 0 Å². The first-order valence-corrected chi connectivity index (χ1v) is 9.61. The van der Waals surface area contributed by atoms with E-state index < -0.39 is 0 Å². The van der Waals surface area contributed by atoms with Gasteiger partial charge in [-0.1, -0.05) is 18.2 Å². The van der Waals surface area contributed by atoms with E-state index in [1.54, 1.807) is 20.6 Å². The molecule has 1 N–H and O–H groups in total. The Labute approximate surface area is 162 Å². The lowest BCUT2D eigenvalue weighted by atomic mass is 10.2. The summed E-state index contributed by atoms with van der Waals surface area (Å²) in [6.07, 6.45) is 3.08. The van der Waals surface area contributed by atoms with E-state index in [2.05, 4.69) is 4.98 Å². The van der Waals surface area contributed by atoms with Crippen LogP contribution in [0.3, 0.4) is 0 Å². The first-order chi connectivity index (χ1) is 13.1. The van der Waals surface area contributed by atoms with Crippen molar-refractivity contribution in [2.24, 2.45) is 0 Å². The Balaban J connectivity index is 1.46. The molecule has 4 rings (SSSR count). The Kier molecular flexibility index (Phi) is 5.09. The predicted molar refractivity (Wildman–Crippen MR) is 102 cm³/mol. The van der Waals surface area contributed by atoms with Crippen LogP contribution in [-0.4, -0.2) is 70.1 Å². The monoisotopic (exact) mass is 386 g/mol. The van der Waals surface area contributed by atoms with Crippen molar-refractivity contribution in [3.05, 3.63) is 47.0 Å². The summed E-state index contributed by atoms with van der Waals surface area (Å²) in [6.45, 7) is 2.72. The van der Waals surface area contributed by atoms with Crippen LogP contribution in [0.2, 0.25) is 0 Å². The molecule has 2 aliphatic rings. The maximum absolute atomic E-state index is 13.1. The fourth-order valence-corrected chi connectivity index (χ4v) is 3.89. The number of aromatic amines is 1. The highest BCUT2D eigenvalue weighted by molar-refractivity contribution is 7.71. The molecule has 0 saturated carbocycles. The van der Waals surface area contributed by atoms with Crippen molar-refractivity contribution < 1.29 is 14.3 Å². The van der Waals surface area contributed by atoms with E-state index in [1.807, 2.05) is 30.3 Å². The van der Waals surface area contributed by atoms with Gasteiger partial charge >= 0.3 is 0 Å². The Hall–Kier alpha value is -2.45. The molecule has 8 heteroatoms. The molecule has 142 valence electrons. The van der Waals surface area contributed by atoms with E-state index >= 15 is 0 Å². The van der Waals surface area contributed by atoms with Gasteiger partial charge in [-0.25, -0.2) is 0 Å². The van der Waals surface area contributed by atoms with E-state index in [-0.39, 0.29) is 17.9 Å². The number of carbonyl (C=O) groups is 2. The molecule has 2 aromatic rings. The van der Waals surface area contributed by atoms with Gasteiger partial charge < -0.3 is 19.5 Å². The van der Waals surface area contributed by atoms with Crippen molar-refractivity contribution >= 4 is 24.0 Å². The number of ether oxygens (including phenoxy) is 1. The molecule has 2 saturated heterocycles. The highest BCUT2D eigenvalue weighted by Crippen LogP contribution is 2.18. The number of para-hydroxylation sites is 1. The molecule has 1 aromatic carbocycles. The number of piperazine rings is 1. The molecule has 27 heavy (non-hydrogen) atoms. The predicted octanol–water partition coefficient (Wildman–Crippen LogP) is 2.00. The fraction of sp³-hybridized carbons (Fsp3) is 0.421. The van der Waals surface area contributed by atoms with Gasteiger partial charge in [0, 0.05) is 44.7 Å². The number of imidazole rings is 1. The molecular weight excluding hydrogens is 364 g/mol. The van der Waals surface area contributed by atoms with Crippen molar-refractivity contribution in [1.29, 1.82) is 0 Å². The van der Waals surface area contributed by atoms with Crippen LogP contribution in [-0.2, 0) is 9.53 Å². The quantitative estimate of drug-likeness (QED) is 0.819. The number of hydrogen-bond donors (Lipinski definition) is 1. The highest BCUT2D eigenvalue weighted by atomic mass is 32.1. The highest BCUT2D eigenvalue weighted by Gasteiger charge is 2.32. The summed E-state index contributed by atoms with van der Waals surface area (Å²) in [4.78, 5) is 32.1. The summed E-state index contributed by atoms with van der Waals surface area (Å²) >= 11 is 5.36. The summed E-state index contributed by atoms with van der Waals surface area (Å²) in [5.74, 6) is -0.0381. The number of H-pyrrole nitrogens is 1. The van der Waals surface area contributed by atoms with Crippen LogP contribution in [0, 0.1) is 4.77 Å². The minimum absolute atomic E-state index is 0.0495. The Morgan fingerprint density at radius 3 is 2.44 bits per heavy atom. The van der Waals surface area contributed by atoms with Crippen LogP contribution in [0.1, 0.15) is 23.3 Å². The molecular formula is C19H22N4O3S. The standard InChI is InChI=1S/C19H22N4O3S/c24-17(15-13-20-19(27)23(15)14-5-2-1-3-6-14)21-8-10-22(11-9-21)18(25)16-7-4-12-26-16/h1-3,5-6,13,16H,4,7-12H2,(H,20,27)/t16-/m1/s1. The first-order valence-electron chi connectivity index (χ1n) is 9.20. The third-order valence-electron chi connectivity index (χ3n) is 5.09. The molecule has 0 aliphatic carbocycles. The van der Waals surface area contributed by atoms with Gasteiger partial charge in [0.1, 0.15) is 11.8 Å². The number of hydrogen-bond acceptors (Lipinski definition) is 4. The Morgan fingerprint density at radius 2 is 1.78 bits per heavy atom. The molecule has 2 fully saturated rings. The maximum atomic E-state index is 13.1. The number of carbonyl (C=O) groups excluding carboxylic acids is 2. The van der Waals surface area contributed by atoms with Crippen molar-refractivity contribution in [3.8, 4) is 5.69 Å². The number of rotatable bonds is 3. The van der Waals surface area contributed by atoms with E-state index in [0.717, 1.165) is 18.5 Å². The maximum Gasteiger partial charge on any atom is 0.272 e. The summed E-state index contributed by atoms with van der Waals surface area (Å²) in [6, 6.07) is 9.57. The lowest BCUT2D eigenvalue weighted by Crippen LogP contribution is -2.53. The minimum atomic E-state index is -0.306. The van der Waals surface area contributed by atoms with Crippen molar-refractivity contribution in [3.63, 3.8) is 0 Å². The number of nitrogens with zero attached hydrogens (tertiary/aromatic N) is 3. The molecule has 0 unspecified atom stereocenters. The van der Waals surface area contributed by atoms with Crippen LogP contribution < -0.4 is 0 Å². The second-order valence-electron chi connectivity index (χ2n) is 6.77. The summed E-state index contributed by atoms with van der Waals surface area (Å²) in [5, 5.41) is 0. The van der Waals surface area contributed by atoms with E-state index in [9.17, 15) is 9.59 Å². The Bertz CT molecular complexity index is 878. The fourth-order valence-electron chi connectivity index (χ4n) is 3.63. The largest absolute Gasteiger partial charge is 0.368 e. The molecule has 0 spiro atoms. The van der Waals surface area contributed by atoms with Crippen molar-refractivity contribution in [2.45, 2.75) is 18.9 Å². The van der Waals surface area contributed by atoms with Crippen LogP contribution >= 0.6 is 12.2 Å². The zero-order valence-corrected chi connectivity index (χ0v) is 15.8. The summed E-state index contributed by atoms with van der Waals surface area (Å²) in [5.41, 5.74) is 1.35. The number of benzene rings is 1. The zero-order chi connectivity index (χ0) is 18.8. The van der Waals surface area contributed by atoms with Crippen LogP contribution in [0.15, 0.2) is 36.5 Å². The van der Waals surface area contributed by atoms with E-state index in [0.29, 0.717) is 43.3 Å². The third kappa shape index (κ3) is 3.54. The topological polar surface area (TPSA) is 70.6 Å². The minimum Gasteiger partial charge on any atom is -0.368 e. The molecule has 7 nitrogen and oxygen atoms in total. The second-order valence-corrected chi connectivity index (χ2v) is 7.16. The average Bonchev–Trinajstić information content (AvgIpc) is 3.37. The molecule has 2 amide bonds. The molecule has 1 atom stereocenters. The SMILES string of the molecule is O=C(c1c[nH]c(=S)n1-c1ccccc1)N1CCN(C(=O)[C@H]2CCCO2)CC1. The van der Waals surface area contributed by atoms with E-state index in [4.69, 9.17) is 17.0 Å². The number of amides is 2. The van der Waals surface area contributed by atoms with Crippen LogP contribution in [0.25, 0.3) is 5.69 Å².